The summed E-state index contributed by atoms with van der Waals surface area (Å²) in [6, 6.07) is 0. The van der Waals surface area contributed by atoms with E-state index in [1.807, 2.05) is 0 Å². The Hall–Kier alpha value is -0.120. The molecule has 1 aliphatic rings. The van der Waals surface area contributed by atoms with Crippen molar-refractivity contribution in [2.45, 2.75) is 45.3 Å². The van der Waals surface area contributed by atoms with Gasteiger partial charge in [0.05, 0.1) is 38.6 Å². The van der Waals surface area contributed by atoms with Crippen molar-refractivity contribution in [2.75, 3.05) is 26.4 Å². The molecule has 14 heavy (non-hydrogen) atoms. The van der Waals surface area contributed by atoms with Gasteiger partial charge in [-0.3, -0.25) is 0 Å². The third kappa shape index (κ3) is 6.35. The fraction of sp³-hybridized carbons (Fsp3) is 1.00. The highest BCUT2D eigenvalue weighted by atomic mass is 16.5. The third-order valence-corrected chi connectivity index (χ3v) is 2.31. The highest BCUT2D eigenvalue weighted by molar-refractivity contribution is 4.72. The van der Waals surface area contributed by atoms with Crippen LogP contribution >= 0.6 is 0 Å². The van der Waals surface area contributed by atoms with Gasteiger partial charge in [0.2, 0.25) is 0 Å². The summed E-state index contributed by atoms with van der Waals surface area (Å²) in [5.74, 6) is 0. The van der Waals surface area contributed by atoms with E-state index >= 15 is 0 Å². The molecule has 1 rings (SSSR count). The van der Waals surface area contributed by atoms with Crippen molar-refractivity contribution in [2.24, 2.45) is 0 Å². The van der Waals surface area contributed by atoms with E-state index in [4.69, 9.17) is 14.2 Å². The Morgan fingerprint density at radius 3 is 2.50 bits per heavy atom. The zero-order valence-electron chi connectivity index (χ0n) is 9.33. The molecule has 1 atom stereocenters. The molecule has 0 saturated heterocycles. The molecule has 0 spiro atoms. The molecule has 3 nitrogen and oxygen atoms in total. The van der Waals surface area contributed by atoms with Gasteiger partial charge in [-0.1, -0.05) is 6.92 Å². The molecule has 0 radical (unpaired) electrons. The zero-order chi connectivity index (χ0) is 10.2. The smallest absolute Gasteiger partial charge is 0.0704 e. The molecular formula is C11H22O3. The second-order valence-corrected chi connectivity index (χ2v) is 3.77. The average Bonchev–Trinajstić information content (AvgIpc) is 2.99. The number of rotatable bonds is 9. The van der Waals surface area contributed by atoms with Crippen molar-refractivity contribution in [3.8, 4) is 0 Å². The van der Waals surface area contributed by atoms with Crippen molar-refractivity contribution in [1.29, 1.82) is 0 Å². The van der Waals surface area contributed by atoms with Crippen LogP contribution in [0.3, 0.4) is 0 Å². The molecule has 3 heteroatoms. The van der Waals surface area contributed by atoms with Crippen LogP contribution in [0.25, 0.3) is 0 Å². The van der Waals surface area contributed by atoms with Crippen LogP contribution in [0.1, 0.15) is 33.1 Å². The van der Waals surface area contributed by atoms with Crippen LogP contribution in [0.15, 0.2) is 0 Å². The number of ether oxygens (including phenoxy) is 3. The maximum absolute atomic E-state index is 5.47. The van der Waals surface area contributed by atoms with Gasteiger partial charge in [0.25, 0.3) is 0 Å². The Kier molecular flexibility index (Phi) is 6.15. The first-order chi connectivity index (χ1) is 6.83. The fourth-order valence-electron chi connectivity index (χ4n) is 1.04. The molecule has 0 amide bonds. The Morgan fingerprint density at radius 1 is 1.14 bits per heavy atom. The second kappa shape index (κ2) is 7.21. The Bertz CT molecular complexity index is 134. The van der Waals surface area contributed by atoms with E-state index in [1.165, 1.54) is 12.8 Å². The quantitative estimate of drug-likeness (QED) is 0.535. The van der Waals surface area contributed by atoms with E-state index in [1.54, 1.807) is 0 Å². The monoisotopic (exact) mass is 202 g/mol. The third-order valence-electron chi connectivity index (χ3n) is 2.31. The molecule has 0 bridgehead atoms. The van der Waals surface area contributed by atoms with Gasteiger partial charge in [-0.05, 0) is 26.2 Å². The summed E-state index contributed by atoms with van der Waals surface area (Å²) < 4.78 is 16.3. The highest BCUT2D eigenvalue weighted by Gasteiger charge is 2.21. The second-order valence-electron chi connectivity index (χ2n) is 3.77. The van der Waals surface area contributed by atoms with Crippen LogP contribution in [0.2, 0.25) is 0 Å². The summed E-state index contributed by atoms with van der Waals surface area (Å²) in [6.07, 6.45) is 4.41. The Morgan fingerprint density at radius 2 is 1.86 bits per heavy atom. The molecule has 0 aliphatic heterocycles. The summed E-state index contributed by atoms with van der Waals surface area (Å²) in [4.78, 5) is 0. The summed E-state index contributed by atoms with van der Waals surface area (Å²) in [7, 11) is 0. The lowest BCUT2D eigenvalue weighted by atomic mass is 10.3. The minimum atomic E-state index is 0.348. The van der Waals surface area contributed by atoms with Gasteiger partial charge < -0.3 is 14.2 Å². The average molecular weight is 202 g/mol. The van der Waals surface area contributed by atoms with Crippen molar-refractivity contribution in [1.82, 2.24) is 0 Å². The number of hydrogen-bond donors (Lipinski definition) is 0. The first-order valence-electron chi connectivity index (χ1n) is 5.64. The zero-order valence-corrected chi connectivity index (χ0v) is 9.33. The van der Waals surface area contributed by atoms with Gasteiger partial charge >= 0.3 is 0 Å². The fourth-order valence-corrected chi connectivity index (χ4v) is 1.04. The Balaban J connectivity index is 1.70. The van der Waals surface area contributed by atoms with Crippen LogP contribution in [0, 0.1) is 0 Å². The largest absolute Gasteiger partial charge is 0.377 e. The normalized spacial score (nSPS) is 18.4. The van der Waals surface area contributed by atoms with Crippen molar-refractivity contribution in [3.63, 3.8) is 0 Å². The first kappa shape index (κ1) is 12.0. The van der Waals surface area contributed by atoms with Crippen LogP contribution in [-0.4, -0.2) is 38.6 Å². The summed E-state index contributed by atoms with van der Waals surface area (Å²) in [5.41, 5.74) is 0. The molecule has 1 unspecified atom stereocenters. The molecule has 1 aliphatic carbocycles. The van der Waals surface area contributed by atoms with Crippen molar-refractivity contribution < 1.29 is 14.2 Å². The summed E-state index contributed by atoms with van der Waals surface area (Å²) in [6.45, 7) is 7.00. The van der Waals surface area contributed by atoms with Gasteiger partial charge in [0.15, 0.2) is 0 Å². The van der Waals surface area contributed by atoms with Crippen molar-refractivity contribution in [3.05, 3.63) is 0 Å². The molecule has 0 aromatic rings. The van der Waals surface area contributed by atoms with E-state index in [0.717, 1.165) is 13.0 Å². The molecule has 0 aromatic carbocycles. The minimum Gasteiger partial charge on any atom is -0.377 e. The van der Waals surface area contributed by atoms with E-state index in [0.29, 0.717) is 32.0 Å². The van der Waals surface area contributed by atoms with Gasteiger partial charge in [0.1, 0.15) is 0 Å². The van der Waals surface area contributed by atoms with Gasteiger partial charge in [-0.2, -0.15) is 0 Å². The van der Waals surface area contributed by atoms with Crippen molar-refractivity contribution >= 4 is 0 Å². The summed E-state index contributed by atoms with van der Waals surface area (Å²) in [5, 5.41) is 0. The van der Waals surface area contributed by atoms with Gasteiger partial charge in [-0.15, -0.1) is 0 Å². The topological polar surface area (TPSA) is 27.7 Å². The van der Waals surface area contributed by atoms with Gasteiger partial charge in [0, 0.05) is 0 Å². The van der Waals surface area contributed by atoms with E-state index < -0.39 is 0 Å². The summed E-state index contributed by atoms with van der Waals surface area (Å²) >= 11 is 0. The highest BCUT2D eigenvalue weighted by Crippen LogP contribution is 2.22. The van der Waals surface area contributed by atoms with Crippen LogP contribution in [-0.2, 0) is 14.2 Å². The lowest BCUT2D eigenvalue weighted by Crippen LogP contribution is -2.14. The maximum Gasteiger partial charge on any atom is 0.0704 e. The van der Waals surface area contributed by atoms with Crippen LogP contribution in [0.4, 0.5) is 0 Å². The predicted molar refractivity (Wildman–Crippen MR) is 55.5 cm³/mol. The lowest BCUT2D eigenvalue weighted by molar-refractivity contribution is -0.00922. The lowest BCUT2D eigenvalue weighted by Gasteiger charge is -2.10. The standard InChI is InChI=1S/C11H22O3/c1-3-10(2)13-8-6-12-7-9-14-11-4-5-11/h10-11H,3-9H2,1-2H3. The SMILES string of the molecule is CCC(C)OCCOCCOC1CC1. The van der Waals surface area contributed by atoms with E-state index in [-0.39, 0.29) is 0 Å². The molecule has 1 saturated carbocycles. The molecule has 84 valence electrons. The van der Waals surface area contributed by atoms with Crippen LogP contribution < -0.4 is 0 Å². The van der Waals surface area contributed by atoms with E-state index in [2.05, 4.69) is 13.8 Å². The van der Waals surface area contributed by atoms with Crippen LogP contribution in [0.5, 0.6) is 0 Å². The molecule has 0 heterocycles. The maximum atomic E-state index is 5.47. The van der Waals surface area contributed by atoms with E-state index in [9.17, 15) is 0 Å². The molecule has 0 N–H and O–H groups in total. The number of hydrogen-bond acceptors (Lipinski definition) is 3. The van der Waals surface area contributed by atoms with Gasteiger partial charge in [-0.25, -0.2) is 0 Å². The molecule has 1 fully saturated rings. The minimum absolute atomic E-state index is 0.348. The Labute approximate surface area is 86.7 Å². The predicted octanol–water partition coefficient (Wildman–Crippen LogP) is 2.00. The molecular weight excluding hydrogens is 180 g/mol. The first-order valence-corrected chi connectivity index (χ1v) is 5.64. The molecule has 0 aromatic heterocycles.